The molecule has 0 N–H and O–H groups in total. The van der Waals surface area contributed by atoms with Gasteiger partial charge < -0.3 is 9.47 Å². The van der Waals surface area contributed by atoms with E-state index < -0.39 is 17.5 Å². The summed E-state index contributed by atoms with van der Waals surface area (Å²) >= 11 is 0. The third-order valence-electron chi connectivity index (χ3n) is 5.56. The van der Waals surface area contributed by atoms with Gasteiger partial charge in [0, 0.05) is 22.8 Å². The fourth-order valence-electron chi connectivity index (χ4n) is 3.75. The number of benzene rings is 4. The van der Waals surface area contributed by atoms with E-state index in [2.05, 4.69) is 0 Å². The van der Waals surface area contributed by atoms with Crippen molar-refractivity contribution in [1.29, 1.82) is 0 Å². The molecule has 0 spiro atoms. The number of allylic oxidation sites excluding steroid dienone is 1. The lowest BCUT2D eigenvalue weighted by atomic mass is 9.98. The molecule has 5 heteroatoms. The van der Waals surface area contributed by atoms with Crippen LogP contribution in [0.5, 0.6) is 11.5 Å². The zero-order valence-corrected chi connectivity index (χ0v) is 19.5. The van der Waals surface area contributed by atoms with Crippen LogP contribution in [-0.2, 0) is 6.61 Å². The average molecular weight is 475 g/mol. The van der Waals surface area contributed by atoms with E-state index in [0.29, 0.717) is 34.8 Å². The largest absolute Gasteiger partial charge is 0.494 e. The monoisotopic (exact) mass is 474 g/mol. The predicted molar refractivity (Wildman–Crippen MR) is 134 cm³/mol. The fraction of sp³-hybridized carbons (Fsp3) is 0.133. The van der Waals surface area contributed by atoms with E-state index in [9.17, 15) is 13.2 Å². The third-order valence-corrected chi connectivity index (χ3v) is 5.56. The van der Waals surface area contributed by atoms with E-state index in [1.807, 2.05) is 38.1 Å². The Morgan fingerprint density at radius 3 is 1.80 bits per heavy atom. The maximum Gasteiger partial charge on any atom is 0.167 e. The highest BCUT2D eigenvalue weighted by molar-refractivity contribution is 5.72. The van der Waals surface area contributed by atoms with Gasteiger partial charge in [-0.3, -0.25) is 0 Å². The van der Waals surface area contributed by atoms with E-state index in [0.717, 1.165) is 5.56 Å². The summed E-state index contributed by atoms with van der Waals surface area (Å²) in [5, 5.41) is 0. The van der Waals surface area contributed by atoms with Crippen LogP contribution in [0.2, 0.25) is 0 Å². The molecule has 0 bridgehead atoms. The zero-order valence-electron chi connectivity index (χ0n) is 19.5. The van der Waals surface area contributed by atoms with Crippen LogP contribution in [0.25, 0.3) is 28.3 Å². The summed E-state index contributed by atoms with van der Waals surface area (Å²) in [5.74, 6) is -1.27. The van der Waals surface area contributed by atoms with Crippen molar-refractivity contribution in [2.24, 2.45) is 0 Å². The van der Waals surface area contributed by atoms with Crippen molar-refractivity contribution in [2.75, 3.05) is 6.61 Å². The Hall–Kier alpha value is -3.99. The SMILES string of the molecule is CC=Cc1ccc(-c2ccc(-c3ccc(OCc4ccc(OCC)cc4F)cc3)c(F)c2F)cc1. The topological polar surface area (TPSA) is 18.5 Å². The first kappa shape index (κ1) is 24.1. The van der Waals surface area contributed by atoms with Gasteiger partial charge in [-0.2, -0.15) is 0 Å². The molecule has 0 aliphatic carbocycles. The van der Waals surface area contributed by atoms with E-state index in [1.165, 1.54) is 6.07 Å². The molecular formula is C30H25F3O2. The highest BCUT2D eigenvalue weighted by atomic mass is 19.2. The van der Waals surface area contributed by atoms with Gasteiger partial charge in [-0.1, -0.05) is 60.7 Å². The smallest absolute Gasteiger partial charge is 0.167 e. The lowest BCUT2D eigenvalue weighted by Gasteiger charge is -2.11. The molecule has 178 valence electrons. The van der Waals surface area contributed by atoms with Gasteiger partial charge in [0.05, 0.1) is 6.61 Å². The van der Waals surface area contributed by atoms with Crippen LogP contribution in [0, 0.1) is 17.5 Å². The molecule has 0 saturated heterocycles. The molecule has 35 heavy (non-hydrogen) atoms. The Morgan fingerprint density at radius 2 is 1.26 bits per heavy atom. The van der Waals surface area contributed by atoms with Crippen LogP contribution in [0.15, 0.2) is 84.9 Å². The minimum absolute atomic E-state index is 0.0299. The van der Waals surface area contributed by atoms with Crippen molar-refractivity contribution in [3.63, 3.8) is 0 Å². The van der Waals surface area contributed by atoms with Gasteiger partial charge in [0.15, 0.2) is 11.6 Å². The van der Waals surface area contributed by atoms with Crippen molar-refractivity contribution in [2.45, 2.75) is 20.5 Å². The second-order valence-electron chi connectivity index (χ2n) is 7.91. The molecule has 4 aromatic carbocycles. The van der Waals surface area contributed by atoms with Gasteiger partial charge in [-0.05, 0) is 54.8 Å². The Bertz CT molecular complexity index is 1330. The highest BCUT2D eigenvalue weighted by Crippen LogP contribution is 2.32. The molecule has 0 heterocycles. The van der Waals surface area contributed by atoms with Crippen LogP contribution in [0.1, 0.15) is 25.0 Å². The Balaban J connectivity index is 1.48. The molecule has 0 radical (unpaired) electrons. The Kier molecular flexibility index (Phi) is 7.56. The predicted octanol–water partition coefficient (Wildman–Crippen LogP) is 8.45. The molecule has 0 unspecified atom stereocenters. The molecule has 0 amide bonds. The molecular weight excluding hydrogens is 449 g/mol. The van der Waals surface area contributed by atoms with Crippen molar-refractivity contribution in [1.82, 2.24) is 0 Å². The first-order chi connectivity index (χ1) is 17.0. The van der Waals surface area contributed by atoms with Crippen molar-refractivity contribution in [3.8, 4) is 33.8 Å². The number of hydrogen-bond donors (Lipinski definition) is 0. The summed E-state index contributed by atoms with van der Waals surface area (Å²) < 4.78 is 55.1. The number of hydrogen-bond acceptors (Lipinski definition) is 2. The third kappa shape index (κ3) is 5.57. The highest BCUT2D eigenvalue weighted by Gasteiger charge is 2.16. The van der Waals surface area contributed by atoms with Crippen molar-refractivity contribution >= 4 is 6.08 Å². The summed E-state index contributed by atoms with van der Waals surface area (Å²) in [6, 6.07) is 21.6. The first-order valence-electron chi connectivity index (χ1n) is 11.4. The minimum Gasteiger partial charge on any atom is -0.494 e. The second-order valence-corrected chi connectivity index (χ2v) is 7.91. The fourth-order valence-corrected chi connectivity index (χ4v) is 3.75. The minimum atomic E-state index is -0.912. The molecule has 0 aromatic heterocycles. The van der Waals surface area contributed by atoms with Crippen LogP contribution in [0.4, 0.5) is 13.2 Å². The zero-order chi connectivity index (χ0) is 24.8. The van der Waals surface area contributed by atoms with Crippen molar-refractivity contribution in [3.05, 3.63) is 114 Å². The van der Waals surface area contributed by atoms with Crippen molar-refractivity contribution < 1.29 is 22.6 Å². The molecule has 0 fully saturated rings. The maximum absolute atomic E-state index is 15.0. The van der Waals surface area contributed by atoms with E-state index >= 15 is 0 Å². The first-order valence-corrected chi connectivity index (χ1v) is 11.4. The molecule has 0 saturated carbocycles. The van der Waals surface area contributed by atoms with E-state index in [1.54, 1.807) is 60.7 Å². The molecule has 0 aliphatic rings. The molecule has 2 nitrogen and oxygen atoms in total. The Labute approximate surface area is 203 Å². The summed E-state index contributed by atoms with van der Waals surface area (Å²) in [7, 11) is 0. The average Bonchev–Trinajstić information content (AvgIpc) is 2.87. The number of ether oxygens (including phenoxy) is 2. The van der Waals surface area contributed by atoms with Gasteiger partial charge in [0.2, 0.25) is 0 Å². The summed E-state index contributed by atoms with van der Waals surface area (Å²) in [6.07, 6.45) is 3.85. The van der Waals surface area contributed by atoms with Gasteiger partial charge >= 0.3 is 0 Å². The molecule has 0 aliphatic heterocycles. The van der Waals surface area contributed by atoms with Crippen LogP contribution >= 0.6 is 0 Å². The standard InChI is InChI=1S/C30H25F3O2/c1-3-5-20-6-8-21(9-7-20)26-16-17-27(30(33)29(26)32)22-10-13-24(14-11-22)35-19-23-12-15-25(34-4-2)18-28(23)31/h3,5-18H,4,19H2,1-2H3. The van der Waals surface area contributed by atoms with Gasteiger partial charge in [-0.15, -0.1) is 0 Å². The van der Waals surface area contributed by atoms with E-state index in [-0.39, 0.29) is 17.7 Å². The second kappa shape index (κ2) is 11.0. The number of halogens is 3. The van der Waals surface area contributed by atoms with Crippen LogP contribution in [0.3, 0.4) is 0 Å². The molecule has 4 aromatic rings. The summed E-state index contributed by atoms with van der Waals surface area (Å²) in [5.41, 5.74) is 2.85. The van der Waals surface area contributed by atoms with Crippen LogP contribution < -0.4 is 9.47 Å². The summed E-state index contributed by atoms with van der Waals surface area (Å²) in [4.78, 5) is 0. The van der Waals surface area contributed by atoms with Crippen LogP contribution in [-0.4, -0.2) is 6.61 Å². The van der Waals surface area contributed by atoms with Gasteiger partial charge in [0.25, 0.3) is 0 Å². The molecule has 0 atom stereocenters. The normalized spacial score (nSPS) is 11.1. The van der Waals surface area contributed by atoms with Gasteiger partial charge in [-0.25, -0.2) is 13.2 Å². The molecule has 4 rings (SSSR count). The lowest BCUT2D eigenvalue weighted by molar-refractivity contribution is 0.298. The maximum atomic E-state index is 15.0. The Morgan fingerprint density at radius 1 is 0.686 bits per heavy atom. The number of rotatable bonds is 8. The quantitative estimate of drug-likeness (QED) is 0.255. The summed E-state index contributed by atoms with van der Waals surface area (Å²) in [6.45, 7) is 4.24. The van der Waals surface area contributed by atoms with E-state index in [4.69, 9.17) is 9.47 Å². The van der Waals surface area contributed by atoms with Gasteiger partial charge in [0.1, 0.15) is 23.9 Å². The lowest BCUT2D eigenvalue weighted by Crippen LogP contribution is -2.00.